The van der Waals surface area contributed by atoms with Crippen molar-refractivity contribution in [3.8, 4) is 0 Å². The average molecular weight is 715 g/mol. The molecule has 0 heterocycles. The van der Waals surface area contributed by atoms with E-state index in [-0.39, 0.29) is 36.4 Å². The smallest absolute Gasteiger partial charge is 0.142 e. The Bertz CT molecular complexity index is 936. The van der Waals surface area contributed by atoms with Crippen molar-refractivity contribution in [1.82, 2.24) is 0 Å². The molecule has 0 aliphatic heterocycles. The lowest BCUT2D eigenvalue weighted by Gasteiger charge is -2.35. The standard InChI is InChI=1S/2C18H30NO.ClH.HI/c2*1-6-19(7-2,8-3)13-12-17(20)14-18-15(4)10-9-11-16(18)5;;/h2*9-11H,6-8,12-14H2,1-5H3;2*1H/q2*+1;;/p-2. The summed E-state index contributed by atoms with van der Waals surface area (Å²) in [6.07, 6.45) is 2.58. The molecule has 0 saturated heterocycles. The first kappa shape index (κ1) is 42.9. The molecule has 0 bridgehead atoms. The first-order chi connectivity index (χ1) is 19.0. The number of nitrogens with zero attached hydrogens (tertiary/aromatic N) is 2. The van der Waals surface area contributed by atoms with Crippen LogP contribution >= 0.6 is 0 Å². The number of halogens is 2. The predicted octanol–water partition coefficient (Wildman–Crippen LogP) is 1.37. The summed E-state index contributed by atoms with van der Waals surface area (Å²) in [5, 5.41) is 0. The Morgan fingerprint density at radius 3 is 0.976 bits per heavy atom. The number of hydrogen-bond acceptors (Lipinski definition) is 2. The van der Waals surface area contributed by atoms with E-state index in [0.29, 0.717) is 37.2 Å². The second-order valence-corrected chi connectivity index (χ2v) is 11.7. The molecule has 0 N–H and O–H groups in total. The van der Waals surface area contributed by atoms with E-state index in [0.717, 1.165) is 61.3 Å². The molecule has 0 radical (unpaired) electrons. The van der Waals surface area contributed by atoms with Crippen LogP contribution in [0.5, 0.6) is 0 Å². The minimum absolute atomic E-state index is 0. The van der Waals surface area contributed by atoms with E-state index < -0.39 is 0 Å². The maximum absolute atomic E-state index is 12.3. The van der Waals surface area contributed by atoms with E-state index in [4.69, 9.17) is 0 Å². The number of carbonyl (C=O) groups is 2. The van der Waals surface area contributed by atoms with Crippen molar-refractivity contribution in [1.29, 1.82) is 0 Å². The fraction of sp³-hybridized carbons (Fsp3) is 0.611. The van der Waals surface area contributed by atoms with Crippen molar-refractivity contribution in [3.63, 3.8) is 0 Å². The van der Waals surface area contributed by atoms with Crippen LogP contribution in [0.1, 0.15) is 87.8 Å². The molecule has 0 saturated carbocycles. The van der Waals surface area contributed by atoms with Crippen LogP contribution in [0, 0.1) is 27.7 Å². The Hall–Kier alpha value is -1.28. The fourth-order valence-corrected chi connectivity index (χ4v) is 5.84. The zero-order valence-electron chi connectivity index (χ0n) is 28.4. The van der Waals surface area contributed by atoms with Gasteiger partial charge in [-0.25, -0.2) is 0 Å². The molecule has 0 unspecified atom stereocenters. The third kappa shape index (κ3) is 13.2. The van der Waals surface area contributed by atoms with Crippen LogP contribution in [0.3, 0.4) is 0 Å². The number of Topliss-reactive ketones (excluding diaryl/α,β-unsaturated/α-hetero) is 2. The molecule has 4 nitrogen and oxygen atoms in total. The topological polar surface area (TPSA) is 34.1 Å². The number of hydrogen-bond donors (Lipinski definition) is 0. The molecule has 2 aromatic carbocycles. The summed E-state index contributed by atoms with van der Waals surface area (Å²) in [5.41, 5.74) is 7.39. The van der Waals surface area contributed by atoms with E-state index in [9.17, 15) is 9.59 Å². The van der Waals surface area contributed by atoms with Crippen LogP contribution in [-0.4, -0.2) is 72.9 Å². The van der Waals surface area contributed by atoms with Crippen molar-refractivity contribution in [2.75, 3.05) is 52.4 Å². The van der Waals surface area contributed by atoms with Gasteiger partial charge in [0.15, 0.2) is 0 Å². The Morgan fingerprint density at radius 1 is 0.524 bits per heavy atom. The monoisotopic (exact) mass is 714 g/mol. The van der Waals surface area contributed by atoms with Gasteiger partial charge in [0.1, 0.15) is 11.6 Å². The van der Waals surface area contributed by atoms with Gasteiger partial charge in [-0.05, 0) is 103 Å². The second kappa shape index (κ2) is 21.4. The predicted molar refractivity (Wildman–Crippen MR) is 172 cm³/mol. The minimum Gasteiger partial charge on any atom is -1.00 e. The van der Waals surface area contributed by atoms with Crippen LogP contribution in [0.25, 0.3) is 0 Å². The Labute approximate surface area is 282 Å². The Morgan fingerprint density at radius 2 is 0.762 bits per heavy atom. The van der Waals surface area contributed by atoms with Crippen LogP contribution in [-0.2, 0) is 22.4 Å². The van der Waals surface area contributed by atoms with E-state index in [1.165, 1.54) is 33.4 Å². The molecule has 6 heteroatoms. The lowest BCUT2D eigenvalue weighted by atomic mass is 9.97. The zero-order valence-corrected chi connectivity index (χ0v) is 31.3. The van der Waals surface area contributed by atoms with Gasteiger partial charge in [0.25, 0.3) is 0 Å². The maximum Gasteiger partial charge on any atom is 0.142 e. The molecular formula is C36H60ClIN2O2. The van der Waals surface area contributed by atoms with Gasteiger partial charge < -0.3 is 45.3 Å². The third-order valence-corrected chi connectivity index (χ3v) is 9.79. The van der Waals surface area contributed by atoms with Crippen LogP contribution in [0.2, 0.25) is 0 Å². The summed E-state index contributed by atoms with van der Waals surface area (Å²) >= 11 is 0. The zero-order chi connectivity index (χ0) is 30.3. The molecule has 0 atom stereocenters. The number of quaternary nitrogens is 2. The highest BCUT2D eigenvalue weighted by molar-refractivity contribution is 5.82. The van der Waals surface area contributed by atoms with E-state index in [1.54, 1.807) is 0 Å². The van der Waals surface area contributed by atoms with E-state index >= 15 is 0 Å². The molecule has 42 heavy (non-hydrogen) atoms. The Balaban J connectivity index is 0. The number of aryl methyl sites for hydroxylation is 4. The number of benzene rings is 2. The summed E-state index contributed by atoms with van der Waals surface area (Å²) in [4.78, 5) is 24.6. The summed E-state index contributed by atoms with van der Waals surface area (Å²) in [6, 6.07) is 12.5. The normalized spacial score (nSPS) is 11.1. The van der Waals surface area contributed by atoms with E-state index in [2.05, 4.69) is 106 Å². The third-order valence-electron chi connectivity index (χ3n) is 9.79. The first-order valence-electron chi connectivity index (χ1n) is 15.8. The van der Waals surface area contributed by atoms with Gasteiger partial charge in [-0.3, -0.25) is 9.59 Å². The van der Waals surface area contributed by atoms with Crippen molar-refractivity contribution < 1.29 is 54.9 Å². The van der Waals surface area contributed by atoms with Gasteiger partial charge in [-0.1, -0.05) is 36.4 Å². The lowest BCUT2D eigenvalue weighted by Crippen LogP contribution is -3.00. The molecule has 2 aromatic rings. The van der Waals surface area contributed by atoms with Gasteiger partial charge in [-0.15, -0.1) is 0 Å². The van der Waals surface area contributed by atoms with Crippen LogP contribution in [0.4, 0.5) is 0 Å². The lowest BCUT2D eigenvalue weighted by molar-refractivity contribution is -0.922. The molecule has 0 spiro atoms. The molecule has 0 aliphatic carbocycles. The van der Waals surface area contributed by atoms with Crippen molar-refractivity contribution in [3.05, 3.63) is 69.8 Å². The fourth-order valence-electron chi connectivity index (χ4n) is 5.84. The van der Waals surface area contributed by atoms with Crippen molar-refractivity contribution in [2.45, 2.75) is 94.9 Å². The summed E-state index contributed by atoms with van der Waals surface area (Å²) in [7, 11) is 0. The minimum atomic E-state index is 0. The van der Waals surface area contributed by atoms with Gasteiger partial charge in [0.05, 0.1) is 65.2 Å². The van der Waals surface area contributed by atoms with Gasteiger partial charge in [0.2, 0.25) is 0 Å². The average Bonchev–Trinajstić information content (AvgIpc) is 2.95. The number of rotatable bonds is 16. The molecule has 240 valence electrons. The van der Waals surface area contributed by atoms with Gasteiger partial charge >= 0.3 is 0 Å². The highest BCUT2D eigenvalue weighted by Gasteiger charge is 2.23. The second-order valence-electron chi connectivity index (χ2n) is 11.7. The molecule has 0 fully saturated rings. The van der Waals surface area contributed by atoms with Gasteiger partial charge in [0, 0.05) is 12.8 Å². The molecule has 0 aromatic heterocycles. The maximum atomic E-state index is 12.3. The van der Waals surface area contributed by atoms with Crippen molar-refractivity contribution >= 4 is 11.6 Å². The highest BCUT2D eigenvalue weighted by atomic mass is 127. The summed E-state index contributed by atoms with van der Waals surface area (Å²) in [6.45, 7) is 30.4. The Kier molecular flexibility index (Phi) is 21.9. The highest BCUT2D eigenvalue weighted by Crippen LogP contribution is 2.17. The molecular weight excluding hydrogens is 655 g/mol. The van der Waals surface area contributed by atoms with Crippen LogP contribution < -0.4 is 36.4 Å². The first-order valence-corrected chi connectivity index (χ1v) is 15.8. The number of ketones is 2. The van der Waals surface area contributed by atoms with Crippen molar-refractivity contribution in [2.24, 2.45) is 0 Å². The van der Waals surface area contributed by atoms with Gasteiger partial charge in [-0.2, -0.15) is 0 Å². The largest absolute Gasteiger partial charge is 1.00 e. The SMILES string of the molecule is CC[N+](CC)(CC)CCC(=O)Cc1c(C)cccc1C.CC[N+](CC)(CC)CCC(=O)Cc1c(C)cccc1C.[Cl-].[I-]. The quantitative estimate of drug-likeness (QED) is 0.195. The van der Waals surface area contributed by atoms with E-state index in [1.807, 2.05) is 0 Å². The molecule has 0 aliphatic rings. The summed E-state index contributed by atoms with van der Waals surface area (Å²) in [5.74, 6) is 0.750. The molecule has 2 rings (SSSR count). The number of carbonyl (C=O) groups excluding carboxylic acids is 2. The molecule has 0 amide bonds. The summed E-state index contributed by atoms with van der Waals surface area (Å²) < 4.78 is 2.11. The van der Waals surface area contributed by atoms with Crippen LogP contribution in [0.15, 0.2) is 36.4 Å².